The largest absolute Gasteiger partial charge is 0.380 e. The van der Waals surface area contributed by atoms with Crippen molar-refractivity contribution in [1.82, 2.24) is 4.90 Å². The number of likely N-dealkylation sites (N-methyl/N-ethyl adjacent to an activating group) is 1. The van der Waals surface area contributed by atoms with Gasteiger partial charge in [0, 0.05) is 13.2 Å². The SMILES string of the molecule is CN(CCOCC1CC1)CC(=O)c1ccc(Br)s1. The van der Waals surface area contributed by atoms with Crippen LogP contribution < -0.4 is 0 Å². The van der Waals surface area contributed by atoms with Gasteiger partial charge in [-0.15, -0.1) is 11.3 Å². The van der Waals surface area contributed by atoms with Crippen LogP contribution in [0.4, 0.5) is 0 Å². The molecule has 0 aromatic carbocycles. The lowest BCUT2D eigenvalue weighted by atomic mass is 10.3. The summed E-state index contributed by atoms with van der Waals surface area (Å²) in [5.41, 5.74) is 0. The highest BCUT2D eigenvalue weighted by atomic mass is 79.9. The number of carbonyl (C=O) groups is 1. The van der Waals surface area contributed by atoms with Gasteiger partial charge in [0.15, 0.2) is 5.78 Å². The first-order valence-electron chi connectivity index (χ1n) is 6.20. The first kappa shape index (κ1) is 14.2. The lowest BCUT2D eigenvalue weighted by Crippen LogP contribution is -2.29. The third-order valence-electron chi connectivity index (χ3n) is 2.93. The van der Waals surface area contributed by atoms with Gasteiger partial charge in [0.2, 0.25) is 0 Å². The molecule has 1 heterocycles. The Morgan fingerprint density at radius 2 is 2.33 bits per heavy atom. The first-order valence-corrected chi connectivity index (χ1v) is 7.81. The maximum atomic E-state index is 11.9. The number of Topliss-reactive ketones (excluding diaryl/α,β-unsaturated/α-hetero) is 1. The average molecular weight is 332 g/mol. The second-order valence-electron chi connectivity index (χ2n) is 4.78. The Labute approximate surface area is 120 Å². The Morgan fingerprint density at radius 3 is 2.94 bits per heavy atom. The van der Waals surface area contributed by atoms with E-state index in [2.05, 4.69) is 15.9 Å². The highest BCUT2D eigenvalue weighted by Gasteiger charge is 2.21. The molecular formula is C13H18BrNO2S. The van der Waals surface area contributed by atoms with E-state index in [9.17, 15) is 4.79 Å². The van der Waals surface area contributed by atoms with Crippen molar-refractivity contribution < 1.29 is 9.53 Å². The lowest BCUT2D eigenvalue weighted by Gasteiger charge is -2.15. The molecule has 1 aromatic rings. The highest BCUT2D eigenvalue weighted by Crippen LogP contribution is 2.28. The van der Waals surface area contributed by atoms with Gasteiger partial charge in [0.05, 0.1) is 21.8 Å². The predicted molar refractivity (Wildman–Crippen MR) is 77.4 cm³/mol. The Bertz CT molecular complexity index is 403. The standard InChI is InChI=1S/C13H18BrNO2S/c1-15(6-7-17-9-10-2-3-10)8-11(16)12-4-5-13(14)18-12/h4-5,10H,2-3,6-9H2,1H3. The van der Waals surface area contributed by atoms with E-state index in [0.717, 1.165) is 27.7 Å². The molecule has 1 fully saturated rings. The van der Waals surface area contributed by atoms with Crippen LogP contribution in [0.5, 0.6) is 0 Å². The second kappa shape index (κ2) is 6.80. The molecule has 18 heavy (non-hydrogen) atoms. The van der Waals surface area contributed by atoms with Gasteiger partial charge >= 0.3 is 0 Å². The Kier molecular flexibility index (Phi) is 5.36. The summed E-state index contributed by atoms with van der Waals surface area (Å²) < 4.78 is 6.56. The number of halogens is 1. The number of hydrogen-bond acceptors (Lipinski definition) is 4. The van der Waals surface area contributed by atoms with E-state index in [-0.39, 0.29) is 5.78 Å². The van der Waals surface area contributed by atoms with Crippen molar-refractivity contribution in [3.63, 3.8) is 0 Å². The van der Waals surface area contributed by atoms with Crippen LogP contribution >= 0.6 is 27.3 Å². The molecule has 0 aliphatic heterocycles. The molecule has 3 nitrogen and oxygen atoms in total. The van der Waals surface area contributed by atoms with Gasteiger partial charge in [-0.2, -0.15) is 0 Å². The fourth-order valence-corrected chi connectivity index (χ4v) is 2.94. The zero-order valence-corrected chi connectivity index (χ0v) is 12.9. The predicted octanol–water partition coefficient (Wildman–Crippen LogP) is 3.05. The number of ether oxygens (including phenoxy) is 1. The molecule has 0 saturated heterocycles. The fourth-order valence-electron chi connectivity index (χ4n) is 1.62. The summed E-state index contributed by atoms with van der Waals surface area (Å²) in [6.45, 7) is 2.87. The second-order valence-corrected chi connectivity index (χ2v) is 7.25. The smallest absolute Gasteiger partial charge is 0.186 e. The minimum atomic E-state index is 0.176. The van der Waals surface area contributed by atoms with E-state index in [1.54, 1.807) is 0 Å². The van der Waals surface area contributed by atoms with Crippen molar-refractivity contribution in [3.8, 4) is 0 Å². The molecule has 0 bridgehead atoms. The molecule has 0 atom stereocenters. The van der Waals surface area contributed by atoms with Crippen molar-refractivity contribution in [3.05, 3.63) is 20.8 Å². The Hall–Kier alpha value is -0.230. The van der Waals surface area contributed by atoms with E-state index in [1.807, 2.05) is 24.1 Å². The van der Waals surface area contributed by atoms with Crippen LogP contribution in [0.1, 0.15) is 22.5 Å². The molecule has 1 aliphatic carbocycles. The number of thiophene rings is 1. The fraction of sp³-hybridized carbons (Fsp3) is 0.615. The number of nitrogens with zero attached hydrogens (tertiary/aromatic N) is 1. The van der Waals surface area contributed by atoms with Gasteiger partial charge in [-0.05, 0) is 53.9 Å². The van der Waals surface area contributed by atoms with Gasteiger partial charge < -0.3 is 4.74 Å². The Morgan fingerprint density at radius 1 is 1.56 bits per heavy atom. The molecule has 1 saturated carbocycles. The number of rotatable bonds is 8. The molecule has 1 aromatic heterocycles. The van der Waals surface area contributed by atoms with Crippen molar-refractivity contribution in [1.29, 1.82) is 0 Å². The summed E-state index contributed by atoms with van der Waals surface area (Å²) >= 11 is 4.86. The first-order chi connectivity index (χ1) is 8.65. The number of hydrogen-bond donors (Lipinski definition) is 0. The van der Waals surface area contributed by atoms with Crippen LogP contribution in [-0.4, -0.2) is 44.0 Å². The average Bonchev–Trinajstić information content (AvgIpc) is 3.05. The van der Waals surface area contributed by atoms with E-state index in [1.165, 1.54) is 24.2 Å². The van der Waals surface area contributed by atoms with Gasteiger partial charge in [-0.1, -0.05) is 0 Å². The van der Waals surface area contributed by atoms with E-state index >= 15 is 0 Å². The van der Waals surface area contributed by atoms with Crippen LogP contribution in [0.15, 0.2) is 15.9 Å². The molecule has 100 valence electrons. The van der Waals surface area contributed by atoms with Gasteiger partial charge in [0.1, 0.15) is 0 Å². The third kappa shape index (κ3) is 4.80. The quantitative estimate of drug-likeness (QED) is 0.541. The maximum Gasteiger partial charge on any atom is 0.186 e. The van der Waals surface area contributed by atoms with E-state index < -0.39 is 0 Å². The zero-order valence-electron chi connectivity index (χ0n) is 10.5. The molecule has 0 radical (unpaired) electrons. The van der Waals surface area contributed by atoms with Crippen molar-refractivity contribution in [2.24, 2.45) is 5.92 Å². The van der Waals surface area contributed by atoms with Gasteiger partial charge in [0.25, 0.3) is 0 Å². The van der Waals surface area contributed by atoms with Crippen molar-refractivity contribution in [2.75, 3.05) is 33.4 Å². The minimum Gasteiger partial charge on any atom is -0.380 e. The van der Waals surface area contributed by atoms with Gasteiger partial charge in [-0.3, -0.25) is 9.69 Å². The molecule has 2 rings (SSSR count). The summed E-state index contributed by atoms with van der Waals surface area (Å²) in [5.74, 6) is 0.982. The van der Waals surface area contributed by atoms with Crippen molar-refractivity contribution >= 4 is 33.0 Å². The maximum absolute atomic E-state index is 11.9. The van der Waals surface area contributed by atoms with Crippen LogP contribution in [0.2, 0.25) is 0 Å². The number of ketones is 1. The Balaban J connectivity index is 1.63. The monoisotopic (exact) mass is 331 g/mol. The summed E-state index contributed by atoms with van der Waals surface area (Å²) in [6.07, 6.45) is 2.64. The van der Waals surface area contributed by atoms with Crippen LogP contribution in [0.3, 0.4) is 0 Å². The topological polar surface area (TPSA) is 29.5 Å². The summed E-state index contributed by atoms with van der Waals surface area (Å²) in [6, 6.07) is 3.78. The van der Waals surface area contributed by atoms with E-state index in [4.69, 9.17) is 4.74 Å². The molecule has 0 amide bonds. The summed E-state index contributed by atoms with van der Waals surface area (Å²) in [4.78, 5) is 14.8. The summed E-state index contributed by atoms with van der Waals surface area (Å²) in [5, 5.41) is 0. The molecule has 1 aliphatic rings. The molecular weight excluding hydrogens is 314 g/mol. The van der Waals surface area contributed by atoms with E-state index in [0.29, 0.717) is 13.2 Å². The molecule has 0 N–H and O–H groups in total. The van der Waals surface area contributed by atoms with Crippen LogP contribution in [-0.2, 0) is 4.74 Å². The normalized spacial score (nSPS) is 15.3. The molecule has 0 unspecified atom stereocenters. The lowest BCUT2D eigenvalue weighted by molar-refractivity contribution is 0.0864. The minimum absolute atomic E-state index is 0.176. The zero-order chi connectivity index (χ0) is 13.0. The molecule has 0 spiro atoms. The van der Waals surface area contributed by atoms with Gasteiger partial charge in [-0.25, -0.2) is 0 Å². The highest BCUT2D eigenvalue weighted by molar-refractivity contribution is 9.11. The third-order valence-corrected chi connectivity index (χ3v) is 4.59. The number of carbonyl (C=O) groups excluding carboxylic acids is 1. The van der Waals surface area contributed by atoms with Crippen LogP contribution in [0, 0.1) is 5.92 Å². The summed E-state index contributed by atoms with van der Waals surface area (Å²) in [7, 11) is 1.96. The molecule has 5 heteroatoms. The van der Waals surface area contributed by atoms with Crippen molar-refractivity contribution in [2.45, 2.75) is 12.8 Å². The van der Waals surface area contributed by atoms with Crippen LogP contribution in [0.25, 0.3) is 0 Å².